The van der Waals surface area contributed by atoms with Crippen molar-refractivity contribution in [2.24, 2.45) is 0 Å². The topological polar surface area (TPSA) is 90.5 Å². The molecule has 0 spiro atoms. The van der Waals surface area contributed by atoms with Crippen molar-refractivity contribution in [3.05, 3.63) is 102 Å². The van der Waals surface area contributed by atoms with Gasteiger partial charge in [0.2, 0.25) is 12.7 Å². The Labute approximate surface area is 300 Å². The predicted molar refractivity (Wildman–Crippen MR) is 192 cm³/mol. The van der Waals surface area contributed by atoms with Gasteiger partial charge in [0.15, 0.2) is 11.5 Å². The molecule has 10 nitrogen and oxygen atoms in total. The summed E-state index contributed by atoms with van der Waals surface area (Å²) in [5, 5.41) is 2.68. The fraction of sp³-hybridized carbons (Fsp3) is 0.359. The van der Waals surface area contributed by atoms with E-state index < -0.39 is 17.6 Å². The van der Waals surface area contributed by atoms with Crippen LogP contribution in [0.3, 0.4) is 0 Å². The molecule has 3 aliphatic rings. The highest BCUT2D eigenvalue weighted by molar-refractivity contribution is 6.04. The zero-order valence-electron chi connectivity index (χ0n) is 28.9. The fourth-order valence-electron chi connectivity index (χ4n) is 7.01. The number of amides is 2. The van der Waals surface area contributed by atoms with Crippen LogP contribution in [0.2, 0.25) is 0 Å². The molecule has 0 radical (unpaired) electrons. The van der Waals surface area contributed by atoms with E-state index in [0.29, 0.717) is 17.9 Å². The molecule has 272 valence electrons. The number of fused-ring (bicyclic) bond motifs is 1. The number of aromatic nitrogens is 1. The number of carbonyl (C=O) groups excluding carboxylic acids is 2. The summed E-state index contributed by atoms with van der Waals surface area (Å²) < 4.78 is 49.5. The van der Waals surface area contributed by atoms with Crippen LogP contribution in [0.5, 0.6) is 11.5 Å². The zero-order chi connectivity index (χ0) is 36.2. The van der Waals surface area contributed by atoms with Crippen LogP contribution in [0.15, 0.2) is 85.1 Å². The Morgan fingerprint density at radius 1 is 0.885 bits per heavy atom. The second-order valence-electron chi connectivity index (χ2n) is 13.4. The first-order valence-corrected chi connectivity index (χ1v) is 17.5. The lowest BCUT2D eigenvalue weighted by Crippen LogP contribution is -2.50. The first kappa shape index (κ1) is 35.1. The lowest BCUT2D eigenvalue weighted by atomic mass is 9.97. The molecule has 4 heterocycles. The molecule has 13 heteroatoms. The maximum absolute atomic E-state index is 13.5. The van der Waals surface area contributed by atoms with Crippen molar-refractivity contribution in [1.29, 1.82) is 0 Å². The Balaban J connectivity index is 0.909. The molecule has 1 N–H and O–H groups in total. The third-order valence-electron chi connectivity index (χ3n) is 10.00. The van der Waals surface area contributed by atoms with Gasteiger partial charge in [0.05, 0.1) is 17.4 Å². The third-order valence-corrected chi connectivity index (χ3v) is 10.00. The predicted octanol–water partition coefficient (Wildman–Crippen LogP) is 6.94. The smallest absolute Gasteiger partial charge is 0.416 e. The fourth-order valence-corrected chi connectivity index (χ4v) is 7.01. The Hall–Kier alpha value is -5.30. The molecule has 7 rings (SSSR count). The molecule has 0 bridgehead atoms. The van der Waals surface area contributed by atoms with Crippen LogP contribution in [0, 0.1) is 0 Å². The molecule has 1 aromatic heterocycles. The van der Waals surface area contributed by atoms with Gasteiger partial charge >= 0.3 is 6.18 Å². The molecule has 4 aromatic rings. The van der Waals surface area contributed by atoms with E-state index in [4.69, 9.17) is 9.47 Å². The van der Waals surface area contributed by atoms with Gasteiger partial charge < -0.3 is 29.5 Å². The first-order chi connectivity index (χ1) is 25.1. The third kappa shape index (κ3) is 8.09. The average Bonchev–Trinajstić information content (AvgIpc) is 3.63. The number of piperidine rings is 1. The molecule has 1 unspecified atom stereocenters. The number of benzene rings is 3. The summed E-state index contributed by atoms with van der Waals surface area (Å²) in [4.78, 5) is 39.3. The van der Waals surface area contributed by atoms with Crippen LogP contribution in [0.4, 0.5) is 36.1 Å². The van der Waals surface area contributed by atoms with Gasteiger partial charge in [-0.15, -0.1) is 0 Å². The van der Waals surface area contributed by atoms with E-state index in [1.54, 1.807) is 12.1 Å². The Bertz CT molecular complexity index is 1860. The van der Waals surface area contributed by atoms with Gasteiger partial charge in [-0.2, -0.15) is 13.2 Å². The summed E-state index contributed by atoms with van der Waals surface area (Å²) in [5.74, 6) is 1.91. The van der Waals surface area contributed by atoms with Crippen LogP contribution >= 0.6 is 0 Å². The summed E-state index contributed by atoms with van der Waals surface area (Å²) >= 11 is 0. The molecular weight excluding hydrogens is 673 g/mol. The maximum Gasteiger partial charge on any atom is 0.416 e. The van der Waals surface area contributed by atoms with Gasteiger partial charge in [-0.25, -0.2) is 4.98 Å². The SMILES string of the molecule is CN(c1ccc(N2CCCCC2CC(=O)N2CCN(Cc3ccc4c(c3)OCO4)CC2)cc1)c1ccc(NC(=O)c2ccc(C(F)(F)F)cc2)cn1. The maximum atomic E-state index is 13.5. The van der Waals surface area contributed by atoms with Gasteiger partial charge in [0.1, 0.15) is 5.82 Å². The van der Waals surface area contributed by atoms with E-state index in [-0.39, 0.29) is 24.3 Å². The standard InChI is InChI=1S/C39H41F3N6O4/c1-45(36-16-10-30(24-43-36)44-38(50)28-6-8-29(9-7-28)39(40,41)42)31-11-13-32(14-12-31)48-17-3-2-4-33(48)23-37(49)47-20-18-46(19-21-47)25-27-5-15-34-35(22-27)52-26-51-34/h5-16,22,24,33H,2-4,17-21,23,25-26H2,1H3,(H,44,50). The number of nitrogens with zero attached hydrogens (tertiary/aromatic N) is 5. The Kier molecular flexibility index (Phi) is 10.2. The minimum Gasteiger partial charge on any atom is -0.454 e. The van der Waals surface area contributed by atoms with Crippen molar-refractivity contribution < 1.29 is 32.2 Å². The normalized spacial score (nSPS) is 17.6. The van der Waals surface area contributed by atoms with E-state index >= 15 is 0 Å². The van der Waals surface area contributed by atoms with Gasteiger partial charge in [0.25, 0.3) is 5.91 Å². The van der Waals surface area contributed by atoms with Crippen LogP contribution in [0.25, 0.3) is 0 Å². The van der Waals surface area contributed by atoms with Gasteiger partial charge in [0, 0.05) is 75.7 Å². The molecule has 2 fully saturated rings. The van der Waals surface area contributed by atoms with Gasteiger partial charge in [-0.1, -0.05) is 6.07 Å². The number of ether oxygens (including phenoxy) is 2. The van der Waals surface area contributed by atoms with Gasteiger partial charge in [-0.3, -0.25) is 14.5 Å². The van der Waals surface area contributed by atoms with Crippen LogP contribution < -0.4 is 24.6 Å². The molecule has 2 amide bonds. The minimum atomic E-state index is -4.47. The summed E-state index contributed by atoms with van der Waals surface area (Å²) in [6.45, 7) is 5.08. The van der Waals surface area contributed by atoms with Crippen LogP contribution in [-0.2, 0) is 17.5 Å². The van der Waals surface area contributed by atoms with Gasteiger partial charge in [-0.05, 0) is 97.6 Å². The second kappa shape index (κ2) is 15.1. The van der Waals surface area contributed by atoms with E-state index in [1.165, 1.54) is 11.8 Å². The molecular formula is C39H41F3N6O4. The summed E-state index contributed by atoms with van der Waals surface area (Å²) in [7, 11) is 1.90. The number of hydrogen-bond donors (Lipinski definition) is 1. The van der Waals surface area contributed by atoms with E-state index in [9.17, 15) is 22.8 Å². The number of alkyl halides is 3. The Morgan fingerprint density at radius 2 is 1.63 bits per heavy atom. The molecule has 3 aromatic carbocycles. The number of pyridine rings is 1. The number of halogens is 3. The minimum absolute atomic E-state index is 0.113. The molecule has 3 aliphatic heterocycles. The largest absolute Gasteiger partial charge is 0.454 e. The van der Waals surface area contributed by atoms with Crippen molar-refractivity contribution in [3.8, 4) is 11.5 Å². The number of hydrogen-bond acceptors (Lipinski definition) is 8. The lowest BCUT2D eigenvalue weighted by Gasteiger charge is -2.40. The quantitative estimate of drug-likeness (QED) is 0.200. The van der Waals surface area contributed by atoms with Crippen molar-refractivity contribution in [3.63, 3.8) is 0 Å². The number of carbonyl (C=O) groups is 2. The molecule has 0 saturated carbocycles. The number of nitrogens with one attached hydrogen (secondary N) is 1. The van der Waals surface area contributed by atoms with Crippen LogP contribution in [0.1, 0.15) is 47.2 Å². The molecule has 0 aliphatic carbocycles. The monoisotopic (exact) mass is 714 g/mol. The molecule has 52 heavy (non-hydrogen) atoms. The van der Waals surface area contributed by atoms with E-state index in [0.717, 1.165) is 106 Å². The Morgan fingerprint density at radius 3 is 2.35 bits per heavy atom. The number of anilines is 4. The lowest BCUT2D eigenvalue weighted by molar-refractivity contribution is -0.137. The summed E-state index contributed by atoms with van der Waals surface area (Å²) in [6.07, 6.45) is 0.698. The molecule has 2 saturated heterocycles. The number of piperazine rings is 1. The summed E-state index contributed by atoms with van der Waals surface area (Å²) in [6, 6.07) is 22.0. The van der Waals surface area contributed by atoms with Crippen molar-refractivity contribution in [2.75, 3.05) is 61.7 Å². The summed E-state index contributed by atoms with van der Waals surface area (Å²) in [5.41, 5.74) is 2.90. The zero-order valence-corrected chi connectivity index (χ0v) is 28.9. The highest BCUT2D eigenvalue weighted by Crippen LogP contribution is 2.34. The highest BCUT2D eigenvalue weighted by atomic mass is 19.4. The van der Waals surface area contributed by atoms with E-state index in [1.807, 2.05) is 41.1 Å². The van der Waals surface area contributed by atoms with Crippen molar-refractivity contribution in [2.45, 2.75) is 44.4 Å². The average molecular weight is 715 g/mol. The molecule has 1 atom stereocenters. The van der Waals surface area contributed by atoms with Crippen molar-refractivity contribution in [1.82, 2.24) is 14.8 Å². The van der Waals surface area contributed by atoms with E-state index in [2.05, 4.69) is 38.3 Å². The van der Waals surface area contributed by atoms with Crippen molar-refractivity contribution >= 4 is 34.7 Å². The number of rotatable bonds is 9. The second-order valence-corrected chi connectivity index (χ2v) is 13.4. The first-order valence-electron chi connectivity index (χ1n) is 17.5. The highest BCUT2D eigenvalue weighted by Gasteiger charge is 2.31. The van der Waals surface area contributed by atoms with Crippen LogP contribution in [-0.4, -0.2) is 79.2 Å².